The van der Waals surface area contributed by atoms with E-state index in [0.29, 0.717) is 5.56 Å². The normalized spacial score (nSPS) is 12.2. The molecule has 1 unspecified atom stereocenters. The van der Waals surface area contributed by atoms with Crippen molar-refractivity contribution in [2.75, 3.05) is 11.5 Å². The second-order valence-corrected chi connectivity index (χ2v) is 3.97. The van der Waals surface area contributed by atoms with Gasteiger partial charge >= 0.3 is 5.97 Å². The van der Waals surface area contributed by atoms with Gasteiger partial charge in [-0.3, -0.25) is 0 Å². The van der Waals surface area contributed by atoms with Crippen molar-refractivity contribution in [3.8, 4) is 0 Å². The molecule has 0 aliphatic rings. The number of esters is 1. The van der Waals surface area contributed by atoms with E-state index in [9.17, 15) is 4.79 Å². The van der Waals surface area contributed by atoms with Gasteiger partial charge in [0.05, 0.1) is 28.1 Å². The maximum Gasteiger partial charge on any atom is 0.338 e. The van der Waals surface area contributed by atoms with Crippen LogP contribution in [0, 0.1) is 0 Å². The summed E-state index contributed by atoms with van der Waals surface area (Å²) < 4.78 is 5.14. The maximum atomic E-state index is 11.7. The SMILES string of the molecule is CCC(C)OC(=O)c1cc(N)c(Cl)c(N)c1. The van der Waals surface area contributed by atoms with Gasteiger partial charge in [0, 0.05) is 0 Å². The molecule has 88 valence electrons. The van der Waals surface area contributed by atoms with Crippen LogP contribution in [0.3, 0.4) is 0 Å². The molecule has 1 aromatic rings. The van der Waals surface area contributed by atoms with Crippen LogP contribution in [0.2, 0.25) is 5.02 Å². The third-order valence-corrected chi connectivity index (χ3v) is 2.68. The molecule has 0 fully saturated rings. The van der Waals surface area contributed by atoms with E-state index in [-0.39, 0.29) is 22.5 Å². The minimum atomic E-state index is -0.440. The summed E-state index contributed by atoms with van der Waals surface area (Å²) >= 11 is 5.79. The summed E-state index contributed by atoms with van der Waals surface area (Å²) in [5.74, 6) is -0.440. The fraction of sp³-hybridized carbons (Fsp3) is 0.364. The molecule has 1 rings (SSSR count). The smallest absolute Gasteiger partial charge is 0.338 e. The highest BCUT2D eigenvalue weighted by molar-refractivity contribution is 6.35. The molecule has 0 aliphatic carbocycles. The molecule has 1 aromatic carbocycles. The van der Waals surface area contributed by atoms with Crippen LogP contribution >= 0.6 is 11.6 Å². The molecule has 0 aromatic heterocycles. The van der Waals surface area contributed by atoms with Gasteiger partial charge in [-0.05, 0) is 25.5 Å². The highest BCUT2D eigenvalue weighted by atomic mass is 35.5. The van der Waals surface area contributed by atoms with E-state index < -0.39 is 5.97 Å². The van der Waals surface area contributed by atoms with Crippen molar-refractivity contribution in [3.05, 3.63) is 22.7 Å². The van der Waals surface area contributed by atoms with Crippen molar-refractivity contribution in [1.82, 2.24) is 0 Å². The van der Waals surface area contributed by atoms with Crippen LogP contribution in [0.25, 0.3) is 0 Å². The second kappa shape index (κ2) is 5.07. The Labute approximate surface area is 99.5 Å². The largest absolute Gasteiger partial charge is 0.459 e. The van der Waals surface area contributed by atoms with Crippen molar-refractivity contribution < 1.29 is 9.53 Å². The Morgan fingerprint density at radius 1 is 1.44 bits per heavy atom. The van der Waals surface area contributed by atoms with E-state index in [1.54, 1.807) is 0 Å². The fourth-order valence-electron chi connectivity index (χ4n) is 1.12. The van der Waals surface area contributed by atoms with Gasteiger partial charge in [0.25, 0.3) is 0 Å². The lowest BCUT2D eigenvalue weighted by Gasteiger charge is -2.12. The zero-order valence-electron chi connectivity index (χ0n) is 9.29. The number of anilines is 2. The number of hydrogen-bond acceptors (Lipinski definition) is 4. The number of hydrogen-bond donors (Lipinski definition) is 2. The van der Waals surface area contributed by atoms with Crippen LogP contribution in [0.15, 0.2) is 12.1 Å². The highest BCUT2D eigenvalue weighted by Crippen LogP contribution is 2.27. The van der Waals surface area contributed by atoms with E-state index in [0.717, 1.165) is 6.42 Å². The van der Waals surface area contributed by atoms with Gasteiger partial charge in [-0.1, -0.05) is 18.5 Å². The van der Waals surface area contributed by atoms with Gasteiger partial charge in [-0.2, -0.15) is 0 Å². The molecule has 0 saturated carbocycles. The lowest BCUT2D eigenvalue weighted by molar-refractivity contribution is 0.0334. The summed E-state index contributed by atoms with van der Waals surface area (Å²) in [7, 11) is 0. The Morgan fingerprint density at radius 3 is 2.38 bits per heavy atom. The van der Waals surface area contributed by atoms with Crippen LogP contribution < -0.4 is 11.5 Å². The average Bonchev–Trinajstić information content (AvgIpc) is 2.24. The second-order valence-electron chi connectivity index (χ2n) is 3.59. The molecular weight excluding hydrogens is 228 g/mol. The number of benzene rings is 1. The van der Waals surface area contributed by atoms with Gasteiger partial charge in [0.15, 0.2) is 0 Å². The molecule has 4 N–H and O–H groups in total. The van der Waals surface area contributed by atoms with Gasteiger partial charge in [-0.15, -0.1) is 0 Å². The number of rotatable bonds is 3. The highest BCUT2D eigenvalue weighted by Gasteiger charge is 2.13. The number of nitrogen functional groups attached to an aromatic ring is 2. The van der Waals surface area contributed by atoms with E-state index in [4.69, 9.17) is 27.8 Å². The first-order valence-electron chi connectivity index (χ1n) is 5.01. The third kappa shape index (κ3) is 2.79. The topological polar surface area (TPSA) is 78.3 Å². The molecule has 0 radical (unpaired) electrons. The summed E-state index contributed by atoms with van der Waals surface area (Å²) in [5, 5.41) is 0.264. The zero-order chi connectivity index (χ0) is 12.3. The predicted molar refractivity (Wildman–Crippen MR) is 65.4 cm³/mol. The first-order valence-corrected chi connectivity index (χ1v) is 5.39. The summed E-state index contributed by atoms with van der Waals surface area (Å²) in [6, 6.07) is 2.92. The van der Waals surface area contributed by atoms with Gasteiger partial charge < -0.3 is 16.2 Å². The van der Waals surface area contributed by atoms with Gasteiger partial charge in [0.2, 0.25) is 0 Å². The Kier molecular flexibility index (Phi) is 4.01. The lowest BCUT2D eigenvalue weighted by atomic mass is 10.1. The average molecular weight is 243 g/mol. The Morgan fingerprint density at radius 2 is 1.94 bits per heavy atom. The van der Waals surface area contributed by atoms with Crippen LogP contribution in [-0.4, -0.2) is 12.1 Å². The van der Waals surface area contributed by atoms with Crippen molar-refractivity contribution in [1.29, 1.82) is 0 Å². The number of carbonyl (C=O) groups is 1. The van der Waals surface area contributed by atoms with Crippen molar-refractivity contribution >= 4 is 28.9 Å². The van der Waals surface area contributed by atoms with Crippen LogP contribution in [-0.2, 0) is 4.74 Å². The molecule has 0 spiro atoms. The molecule has 0 saturated heterocycles. The zero-order valence-corrected chi connectivity index (χ0v) is 10.0. The molecule has 16 heavy (non-hydrogen) atoms. The van der Waals surface area contributed by atoms with E-state index in [1.165, 1.54) is 12.1 Å². The van der Waals surface area contributed by atoms with Crippen molar-refractivity contribution in [3.63, 3.8) is 0 Å². The molecule has 5 heteroatoms. The number of nitrogens with two attached hydrogens (primary N) is 2. The van der Waals surface area contributed by atoms with E-state index in [1.807, 2.05) is 13.8 Å². The van der Waals surface area contributed by atoms with Crippen LogP contribution in [0.4, 0.5) is 11.4 Å². The van der Waals surface area contributed by atoms with E-state index in [2.05, 4.69) is 0 Å². The quantitative estimate of drug-likeness (QED) is 0.630. The minimum absolute atomic E-state index is 0.134. The third-order valence-electron chi connectivity index (χ3n) is 2.25. The minimum Gasteiger partial charge on any atom is -0.459 e. The first-order chi connectivity index (χ1) is 7.45. The van der Waals surface area contributed by atoms with Crippen LogP contribution in [0.5, 0.6) is 0 Å². The molecule has 4 nitrogen and oxygen atoms in total. The monoisotopic (exact) mass is 242 g/mol. The molecular formula is C11H15ClN2O2. The summed E-state index contributed by atoms with van der Waals surface area (Å²) in [5.41, 5.74) is 12.1. The lowest BCUT2D eigenvalue weighted by Crippen LogP contribution is -2.14. The Bertz CT molecular complexity index is 384. The standard InChI is InChI=1S/C11H15ClN2O2/c1-3-6(2)16-11(15)7-4-8(13)10(12)9(14)5-7/h4-6H,3,13-14H2,1-2H3. The molecule has 0 amide bonds. The summed E-state index contributed by atoms with van der Waals surface area (Å²) in [4.78, 5) is 11.7. The maximum absolute atomic E-state index is 11.7. The Hall–Kier alpha value is -1.42. The number of carbonyl (C=O) groups excluding carboxylic acids is 1. The molecule has 0 heterocycles. The molecule has 0 aliphatic heterocycles. The first kappa shape index (κ1) is 12.6. The van der Waals surface area contributed by atoms with Gasteiger partial charge in [-0.25, -0.2) is 4.79 Å². The van der Waals surface area contributed by atoms with Crippen LogP contribution in [0.1, 0.15) is 30.6 Å². The van der Waals surface area contributed by atoms with Crippen molar-refractivity contribution in [2.45, 2.75) is 26.4 Å². The predicted octanol–water partition coefficient (Wildman–Crippen LogP) is 2.46. The molecule has 0 bridgehead atoms. The van der Waals surface area contributed by atoms with E-state index >= 15 is 0 Å². The molecule has 1 atom stereocenters. The Balaban J connectivity index is 2.93. The number of halogens is 1. The summed E-state index contributed by atoms with van der Waals surface area (Å²) in [6.45, 7) is 3.75. The van der Waals surface area contributed by atoms with Crippen molar-refractivity contribution in [2.24, 2.45) is 0 Å². The number of ether oxygens (including phenoxy) is 1. The van der Waals surface area contributed by atoms with Gasteiger partial charge in [0.1, 0.15) is 0 Å². The summed E-state index contributed by atoms with van der Waals surface area (Å²) in [6.07, 6.45) is 0.621. The fourth-order valence-corrected chi connectivity index (χ4v) is 1.23.